The molecule has 218 valence electrons. The van der Waals surface area contributed by atoms with Gasteiger partial charge in [0, 0.05) is 24.2 Å². The van der Waals surface area contributed by atoms with Crippen LogP contribution in [0.1, 0.15) is 26.7 Å². The zero-order chi connectivity index (χ0) is 30.0. The van der Waals surface area contributed by atoms with E-state index in [4.69, 9.17) is 9.47 Å². The number of nitrogens with zero attached hydrogens (tertiary/aromatic N) is 2. The average Bonchev–Trinajstić information content (AvgIpc) is 3.74. The summed E-state index contributed by atoms with van der Waals surface area (Å²) in [7, 11) is 0. The predicted molar refractivity (Wildman–Crippen MR) is 178 cm³/mol. The number of fused-ring (bicyclic) bond motifs is 2. The number of benzene rings is 4. The van der Waals surface area contributed by atoms with Crippen molar-refractivity contribution in [3.05, 3.63) is 144 Å². The van der Waals surface area contributed by atoms with Crippen LogP contribution >= 0.6 is 0 Å². The lowest BCUT2D eigenvalue weighted by Gasteiger charge is -2.16. The van der Waals surface area contributed by atoms with Gasteiger partial charge in [-0.1, -0.05) is 72.8 Å². The fourth-order valence-corrected chi connectivity index (χ4v) is 6.09. The fraction of sp³-hybridized carbons (Fsp3) is 0.154. The molecule has 0 unspecified atom stereocenters. The molecule has 2 aliphatic heterocycles. The van der Waals surface area contributed by atoms with Crippen molar-refractivity contribution in [2.24, 2.45) is 0 Å². The standard InChI is InChI=1S/C39H34N2O3/c1-3-40-33-25-31(27-11-7-5-8-12-27)17-21-35(33)43-37(40)23-19-29-15-16-30(39(29)42)20-24-38-41(4-2)34-26-32(18-22-36(34)44-38)28-13-9-6-10-14-28/h5-14,17-26H,3-4,15-16H2,1-2H3/b29-19+,30-20+,37-23-,38-24-. The first-order valence-corrected chi connectivity index (χ1v) is 15.3. The second kappa shape index (κ2) is 11.8. The van der Waals surface area contributed by atoms with Gasteiger partial charge in [-0.15, -0.1) is 0 Å². The third kappa shape index (κ3) is 5.11. The maximum absolute atomic E-state index is 13.4. The Morgan fingerprint density at radius 1 is 0.568 bits per heavy atom. The third-order valence-corrected chi connectivity index (χ3v) is 8.41. The Morgan fingerprint density at radius 3 is 1.41 bits per heavy atom. The van der Waals surface area contributed by atoms with Crippen LogP contribution in [0.25, 0.3) is 22.3 Å². The SMILES string of the molecule is CCN1/C(=C/C=C2\CC/C(=C\C=C3/Oc4ccc(-c5ccccc5)cc4N3CC)C2=O)Oc2ccc(-c3ccccc3)cc21. The van der Waals surface area contributed by atoms with E-state index in [1.807, 2.05) is 72.8 Å². The van der Waals surface area contributed by atoms with Gasteiger partial charge in [-0.25, -0.2) is 0 Å². The van der Waals surface area contributed by atoms with Crippen LogP contribution in [0.5, 0.6) is 11.5 Å². The largest absolute Gasteiger partial charge is 0.439 e. The number of ether oxygens (including phenoxy) is 2. The van der Waals surface area contributed by atoms with E-state index in [0.29, 0.717) is 12.8 Å². The number of anilines is 2. The van der Waals surface area contributed by atoms with Gasteiger partial charge in [-0.3, -0.25) is 4.79 Å². The van der Waals surface area contributed by atoms with Gasteiger partial charge in [-0.05, 0) is 97.5 Å². The maximum Gasteiger partial charge on any atom is 0.200 e. The van der Waals surface area contributed by atoms with Crippen LogP contribution in [0.2, 0.25) is 0 Å². The van der Waals surface area contributed by atoms with E-state index in [9.17, 15) is 4.79 Å². The number of carbonyl (C=O) groups excluding carboxylic acids is 1. The van der Waals surface area contributed by atoms with Crippen molar-refractivity contribution in [1.29, 1.82) is 0 Å². The zero-order valence-electron chi connectivity index (χ0n) is 25.0. The molecule has 5 nitrogen and oxygen atoms in total. The second-order valence-electron chi connectivity index (χ2n) is 11.0. The molecule has 0 radical (unpaired) electrons. The minimum absolute atomic E-state index is 0.0774. The Kier molecular flexibility index (Phi) is 7.37. The molecule has 0 bridgehead atoms. The van der Waals surface area contributed by atoms with Crippen LogP contribution < -0.4 is 19.3 Å². The van der Waals surface area contributed by atoms with Gasteiger partial charge in [0.2, 0.25) is 11.8 Å². The number of rotatable bonds is 6. The molecule has 0 aromatic heterocycles. The zero-order valence-corrected chi connectivity index (χ0v) is 25.0. The summed E-state index contributed by atoms with van der Waals surface area (Å²) in [5.74, 6) is 3.20. The molecule has 0 atom stereocenters. The Hall–Kier alpha value is -5.29. The van der Waals surface area contributed by atoms with Gasteiger partial charge in [0.05, 0.1) is 11.4 Å². The van der Waals surface area contributed by atoms with Crippen molar-refractivity contribution < 1.29 is 14.3 Å². The molecule has 0 amide bonds. The van der Waals surface area contributed by atoms with E-state index < -0.39 is 0 Å². The van der Waals surface area contributed by atoms with Crippen molar-refractivity contribution in [2.45, 2.75) is 26.7 Å². The van der Waals surface area contributed by atoms with Crippen LogP contribution in [0.15, 0.2) is 144 Å². The molecule has 44 heavy (non-hydrogen) atoms. The summed E-state index contributed by atoms with van der Waals surface area (Å²) in [5, 5.41) is 0. The Labute approximate surface area is 258 Å². The average molecular weight is 579 g/mol. The Morgan fingerprint density at radius 2 is 1.00 bits per heavy atom. The smallest absolute Gasteiger partial charge is 0.200 e. The first-order valence-electron chi connectivity index (χ1n) is 15.3. The van der Waals surface area contributed by atoms with Crippen molar-refractivity contribution in [3.63, 3.8) is 0 Å². The summed E-state index contributed by atoms with van der Waals surface area (Å²) in [6.07, 6.45) is 9.11. The summed E-state index contributed by atoms with van der Waals surface area (Å²) in [6, 6.07) is 33.3. The van der Waals surface area contributed by atoms with E-state index in [-0.39, 0.29) is 5.78 Å². The maximum atomic E-state index is 13.4. The normalized spacial score (nSPS) is 19.2. The van der Waals surface area contributed by atoms with Crippen molar-refractivity contribution >= 4 is 17.2 Å². The topological polar surface area (TPSA) is 42.0 Å². The van der Waals surface area contributed by atoms with Crippen molar-refractivity contribution in [3.8, 4) is 33.8 Å². The summed E-state index contributed by atoms with van der Waals surface area (Å²) >= 11 is 0. The number of allylic oxidation sites excluding steroid dienone is 6. The van der Waals surface area contributed by atoms with Gasteiger partial charge in [-0.2, -0.15) is 0 Å². The Bertz CT molecular complexity index is 1720. The highest BCUT2D eigenvalue weighted by Crippen LogP contribution is 2.43. The quantitative estimate of drug-likeness (QED) is 0.214. The summed E-state index contributed by atoms with van der Waals surface area (Å²) in [4.78, 5) is 17.7. The highest BCUT2D eigenvalue weighted by atomic mass is 16.5. The van der Waals surface area contributed by atoms with Crippen LogP contribution in [0.4, 0.5) is 11.4 Å². The molecule has 1 fully saturated rings. The van der Waals surface area contributed by atoms with Gasteiger partial charge < -0.3 is 19.3 Å². The summed E-state index contributed by atoms with van der Waals surface area (Å²) < 4.78 is 12.4. The number of carbonyl (C=O) groups is 1. The predicted octanol–water partition coefficient (Wildman–Crippen LogP) is 9.06. The molecule has 4 aromatic rings. The van der Waals surface area contributed by atoms with Crippen LogP contribution in [0.3, 0.4) is 0 Å². The van der Waals surface area contributed by atoms with Crippen molar-refractivity contribution in [1.82, 2.24) is 0 Å². The van der Waals surface area contributed by atoms with Crippen molar-refractivity contribution in [2.75, 3.05) is 22.9 Å². The van der Waals surface area contributed by atoms with Crippen LogP contribution in [-0.2, 0) is 4.79 Å². The molecule has 0 spiro atoms. The lowest BCUT2D eigenvalue weighted by molar-refractivity contribution is -0.111. The monoisotopic (exact) mass is 578 g/mol. The van der Waals surface area contributed by atoms with E-state index in [2.05, 4.69) is 72.2 Å². The minimum atomic E-state index is 0.0774. The van der Waals surface area contributed by atoms with E-state index in [1.54, 1.807) is 0 Å². The fourth-order valence-electron chi connectivity index (χ4n) is 6.09. The number of hydrogen-bond donors (Lipinski definition) is 0. The van der Waals surface area contributed by atoms with Crippen LogP contribution in [-0.4, -0.2) is 18.9 Å². The van der Waals surface area contributed by atoms with Crippen LogP contribution in [0, 0.1) is 0 Å². The second-order valence-corrected chi connectivity index (χ2v) is 11.0. The molecular weight excluding hydrogens is 544 g/mol. The summed E-state index contributed by atoms with van der Waals surface area (Å²) in [5.41, 5.74) is 8.29. The molecule has 2 heterocycles. The number of ketones is 1. The first kappa shape index (κ1) is 27.5. The minimum Gasteiger partial charge on any atom is -0.439 e. The highest BCUT2D eigenvalue weighted by molar-refractivity contribution is 6.11. The molecule has 1 saturated carbocycles. The van der Waals surface area contributed by atoms with Gasteiger partial charge in [0.25, 0.3) is 0 Å². The molecule has 5 heteroatoms. The lowest BCUT2D eigenvalue weighted by atomic mass is 10.0. The van der Waals surface area contributed by atoms with Gasteiger partial charge in [0.15, 0.2) is 17.3 Å². The Balaban J connectivity index is 1.08. The van der Waals surface area contributed by atoms with E-state index in [1.165, 1.54) is 11.1 Å². The molecule has 0 saturated heterocycles. The summed E-state index contributed by atoms with van der Waals surface area (Å²) in [6.45, 7) is 5.73. The highest BCUT2D eigenvalue weighted by Gasteiger charge is 2.28. The van der Waals surface area contributed by atoms with Gasteiger partial charge in [0.1, 0.15) is 0 Å². The number of hydrogen-bond acceptors (Lipinski definition) is 5. The molecule has 0 N–H and O–H groups in total. The van der Waals surface area contributed by atoms with Gasteiger partial charge >= 0.3 is 0 Å². The molecule has 7 rings (SSSR count). The number of Topliss-reactive ketones (excluding diaryl/α,β-unsaturated/α-hetero) is 1. The lowest BCUT2D eigenvalue weighted by Crippen LogP contribution is -2.19. The molecule has 1 aliphatic carbocycles. The molecular formula is C39H34N2O3. The third-order valence-electron chi connectivity index (χ3n) is 8.41. The molecule has 4 aromatic carbocycles. The molecule has 3 aliphatic rings. The first-order chi connectivity index (χ1) is 21.6. The van der Waals surface area contributed by atoms with E-state index in [0.717, 1.165) is 70.0 Å². The van der Waals surface area contributed by atoms with E-state index >= 15 is 0 Å².